The maximum Gasteiger partial charge on any atom is 0.276 e. The molecule has 222 valence electrons. The number of amides is 2. The number of para-hydroxylation sites is 3. The van der Waals surface area contributed by atoms with Gasteiger partial charge in [-0.1, -0.05) is 113 Å². The second-order valence-corrected chi connectivity index (χ2v) is 7.98. The number of nitrogens with two attached hydrogens (primary N) is 3. The van der Waals surface area contributed by atoms with Crippen LogP contribution in [0.25, 0.3) is 0 Å². The molecule has 0 aliphatic rings. The van der Waals surface area contributed by atoms with E-state index in [1.165, 1.54) is 5.01 Å². The van der Waals surface area contributed by atoms with Gasteiger partial charge < -0.3 is 21.5 Å². The summed E-state index contributed by atoms with van der Waals surface area (Å²) in [5, 5.41) is 4.01. The van der Waals surface area contributed by atoms with E-state index in [9.17, 15) is 9.59 Å². The quantitative estimate of drug-likeness (QED) is 0.0515. The Bertz CT molecular complexity index is 1350. The van der Waals surface area contributed by atoms with Crippen LogP contribution >= 0.6 is 0 Å². The van der Waals surface area contributed by atoms with E-state index < -0.39 is 12.1 Å². The Morgan fingerprint density at radius 3 is 1.90 bits per heavy atom. The molecule has 0 aliphatic carbocycles. The number of hydrogen-bond acceptors (Lipinski definition) is 7. The first-order valence-electron chi connectivity index (χ1n) is 13.6. The number of hydrogen-bond donors (Lipinski definition) is 4. The molecule has 1 unspecified atom stereocenters. The van der Waals surface area contributed by atoms with Crippen molar-refractivity contribution in [3.63, 3.8) is 0 Å². The van der Waals surface area contributed by atoms with Crippen molar-refractivity contribution in [1.29, 1.82) is 0 Å². The number of primary amides is 1. The number of rotatable bonds is 9. The molecule has 0 saturated heterocycles. The van der Waals surface area contributed by atoms with Gasteiger partial charge in [0.1, 0.15) is 0 Å². The zero-order valence-electron chi connectivity index (χ0n) is 24.6. The summed E-state index contributed by atoms with van der Waals surface area (Å²) in [6, 6.07) is 32.1. The number of ether oxygens (including phenoxy) is 1. The summed E-state index contributed by atoms with van der Waals surface area (Å²) < 4.78 is 5.97. The third kappa shape index (κ3) is 10.5. The Morgan fingerprint density at radius 2 is 1.31 bits per heavy atom. The van der Waals surface area contributed by atoms with Crippen LogP contribution in [0.3, 0.4) is 0 Å². The van der Waals surface area contributed by atoms with E-state index in [4.69, 9.17) is 21.1 Å². The topological polar surface area (TPSA) is 154 Å². The molecule has 9 heteroatoms. The van der Waals surface area contributed by atoms with Gasteiger partial charge in [0.15, 0.2) is 5.78 Å². The minimum absolute atomic E-state index is 0.143. The van der Waals surface area contributed by atoms with E-state index in [1.807, 2.05) is 64.1 Å². The number of ketones is 1. The SMILES string of the molecule is CC.CC.NC=O.Nc1ccccc1N(N)C(OCc1ccccc1)C(=O)Nc1ccccc1C(=O)c1ccccc1. The van der Waals surface area contributed by atoms with Gasteiger partial charge in [0.2, 0.25) is 12.6 Å². The molecule has 1 atom stereocenters. The van der Waals surface area contributed by atoms with E-state index in [1.54, 1.807) is 72.8 Å². The van der Waals surface area contributed by atoms with Crippen LogP contribution in [0, 0.1) is 0 Å². The van der Waals surface area contributed by atoms with E-state index >= 15 is 0 Å². The molecule has 7 N–H and O–H groups in total. The Labute approximate surface area is 248 Å². The van der Waals surface area contributed by atoms with Crippen LogP contribution in [0.4, 0.5) is 17.1 Å². The van der Waals surface area contributed by atoms with Crippen LogP contribution in [0.15, 0.2) is 109 Å². The van der Waals surface area contributed by atoms with Crippen molar-refractivity contribution < 1.29 is 19.1 Å². The zero-order chi connectivity index (χ0) is 31.3. The van der Waals surface area contributed by atoms with Gasteiger partial charge in [-0.2, -0.15) is 0 Å². The first-order valence-corrected chi connectivity index (χ1v) is 13.6. The second kappa shape index (κ2) is 20.0. The minimum atomic E-state index is -1.22. The molecule has 0 radical (unpaired) electrons. The molecule has 4 rings (SSSR count). The van der Waals surface area contributed by atoms with Crippen molar-refractivity contribution in [3.8, 4) is 0 Å². The highest BCUT2D eigenvalue weighted by Gasteiger charge is 2.28. The smallest absolute Gasteiger partial charge is 0.276 e. The van der Waals surface area contributed by atoms with Crippen molar-refractivity contribution in [1.82, 2.24) is 0 Å². The largest absolute Gasteiger partial charge is 0.397 e. The summed E-state index contributed by atoms with van der Waals surface area (Å²) in [6.07, 6.45) is -0.972. The van der Waals surface area contributed by atoms with E-state index in [0.717, 1.165) is 5.56 Å². The lowest BCUT2D eigenvalue weighted by atomic mass is 10.0. The van der Waals surface area contributed by atoms with Gasteiger partial charge >= 0.3 is 0 Å². The van der Waals surface area contributed by atoms with E-state index in [-0.39, 0.29) is 18.8 Å². The molecule has 0 spiro atoms. The van der Waals surface area contributed by atoms with Crippen LogP contribution in [0.1, 0.15) is 49.2 Å². The summed E-state index contributed by atoms with van der Waals surface area (Å²) in [7, 11) is 0. The molecule has 0 bridgehead atoms. The summed E-state index contributed by atoms with van der Waals surface area (Å²) in [4.78, 5) is 35.1. The normalized spacial score (nSPS) is 10.1. The van der Waals surface area contributed by atoms with Gasteiger partial charge in [0.25, 0.3) is 5.91 Å². The molecule has 0 saturated carbocycles. The number of nitrogen functional groups attached to an aromatic ring is 1. The van der Waals surface area contributed by atoms with Crippen molar-refractivity contribution >= 4 is 35.2 Å². The van der Waals surface area contributed by atoms with Gasteiger partial charge in [-0.05, 0) is 29.8 Å². The number of nitrogens with zero attached hydrogens (tertiary/aromatic N) is 1. The maximum atomic E-state index is 13.5. The maximum absolute atomic E-state index is 13.5. The number of carbonyl (C=O) groups excluding carboxylic acids is 3. The van der Waals surface area contributed by atoms with Crippen molar-refractivity contribution in [2.24, 2.45) is 11.6 Å². The monoisotopic (exact) mass is 571 g/mol. The molecule has 0 aromatic heterocycles. The average Bonchev–Trinajstić information content (AvgIpc) is 3.04. The molecule has 4 aromatic rings. The molecule has 2 amide bonds. The average molecular weight is 572 g/mol. The standard InChI is InChI=1S/C28H26N4O3.2C2H6.CH3NO/c29-23-16-8-10-18-25(23)32(30)28(35-19-20-11-3-1-4-12-20)27(34)31-24-17-9-7-15-22(24)26(33)21-13-5-2-6-14-21;2*1-2;2-1-3/h1-18,28H,19,29-30H2,(H,31,34);2*1-2H3;1H,(H2,2,3). The van der Waals surface area contributed by atoms with Gasteiger partial charge in [-0.15, -0.1) is 0 Å². The van der Waals surface area contributed by atoms with Crippen molar-refractivity contribution in [3.05, 3.63) is 126 Å². The second-order valence-electron chi connectivity index (χ2n) is 7.98. The van der Waals surface area contributed by atoms with Gasteiger partial charge in [-0.3, -0.25) is 19.4 Å². The van der Waals surface area contributed by atoms with Crippen LogP contribution < -0.4 is 27.6 Å². The Morgan fingerprint density at radius 1 is 0.810 bits per heavy atom. The molecule has 4 aromatic carbocycles. The Hall–Kier alpha value is -4.99. The van der Waals surface area contributed by atoms with Crippen LogP contribution in [-0.4, -0.2) is 24.3 Å². The third-order valence-electron chi connectivity index (χ3n) is 5.41. The molecule has 0 fully saturated rings. The highest BCUT2D eigenvalue weighted by molar-refractivity contribution is 6.14. The van der Waals surface area contributed by atoms with E-state index in [0.29, 0.717) is 28.2 Å². The van der Waals surface area contributed by atoms with Gasteiger partial charge in [0.05, 0.1) is 23.7 Å². The fraction of sp³-hybridized carbons (Fsp3) is 0.182. The summed E-state index contributed by atoms with van der Waals surface area (Å²) >= 11 is 0. The lowest BCUT2D eigenvalue weighted by Gasteiger charge is -2.29. The molecule has 42 heavy (non-hydrogen) atoms. The number of hydrazine groups is 1. The zero-order valence-corrected chi connectivity index (χ0v) is 24.6. The number of carbonyl (C=O) groups is 3. The summed E-state index contributed by atoms with van der Waals surface area (Å²) in [6.45, 7) is 8.14. The van der Waals surface area contributed by atoms with Crippen molar-refractivity contribution in [2.75, 3.05) is 16.1 Å². The van der Waals surface area contributed by atoms with E-state index in [2.05, 4.69) is 11.1 Å². The number of nitrogens with one attached hydrogen (secondary N) is 1. The number of benzene rings is 4. The Kier molecular flexibility index (Phi) is 16.7. The molecule has 0 aliphatic heterocycles. The predicted molar refractivity (Wildman–Crippen MR) is 170 cm³/mol. The molecular formula is C33H41N5O4. The third-order valence-corrected chi connectivity index (χ3v) is 5.41. The van der Waals surface area contributed by atoms with Crippen LogP contribution in [0.2, 0.25) is 0 Å². The highest BCUT2D eigenvalue weighted by atomic mass is 16.5. The fourth-order valence-electron chi connectivity index (χ4n) is 3.61. The van der Waals surface area contributed by atoms with Gasteiger partial charge in [-0.25, -0.2) is 5.84 Å². The predicted octanol–water partition coefficient (Wildman–Crippen LogP) is 5.52. The van der Waals surface area contributed by atoms with Crippen molar-refractivity contribution in [2.45, 2.75) is 40.5 Å². The lowest BCUT2D eigenvalue weighted by molar-refractivity contribution is -0.128. The minimum Gasteiger partial charge on any atom is -0.397 e. The fourth-order valence-corrected chi connectivity index (χ4v) is 3.61. The molecule has 0 heterocycles. The Balaban J connectivity index is 0.00000116. The first kappa shape index (κ1) is 35.0. The summed E-state index contributed by atoms with van der Waals surface area (Å²) in [5.74, 6) is 5.60. The molecular weight excluding hydrogens is 530 g/mol. The first-order chi connectivity index (χ1) is 20.5. The lowest BCUT2D eigenvalue weighted by Crippen LogP contribution is -2.50. The van der Waals surface area contributed by atoms with Gasteiger partial charge in [0, 0.05) is 11.1 Å². The highest BCUT2D eigenvalue weighted by Crippen LogP contribution is 2.25. The number of anilines is 3. The van der Waals surface area contributed by atoms with Crippen LogP contribution in [0.5, 0.6) is 0 Å². The van der Waals surface area contributed by atoms with Crippen LogP contribution in [-0.2, 0) is 20.9 Å². The molecule has 9 nitrogen and oxygen atoms in total. The summed E-state index contributed by atoms with van der Waals surface area (Å²) in [5.41, 5.74) is 13.2.